The van der Waals surface area contributed by atoms with Crippen LogP contribution in [0, 0.1) is 11.8 Å². The van der Waals surface area contributed by atoms with Gasteiger partial charge in [0.2, 0.25) is 5.95 Å². The van der Waals surface area contributed by atoms with Crippen LogP contribution in [0.4, 0.5) is 8.78 Å². The molecule has 0 saturated heterocycles. The smallest absolute Gasteiger partial charge is 0.282 e. The van der Waals surface area contributed by atoms with Crippen molar-refractivity contribution in [1.29, 1.82) is 0 Å². The third kappa shape index (κ3) is 3.16. The number of aliphatic imine (C=N–C) groups is 1. The highest BCUT2D eigenvalue weighted by Gasteiger charge is 2.45. The molecule has 148 valence electrons. The van der Waals surface area contributed by atoms with Crippen molar-refractivity contribution >= 4 is 5.84 Å². The van der Waals surface area contributed by atoms with Crippen LogP contribution in [-0.2, 0) is 5.54 Å². The lowest BCUT2D eigenvalue weighted by Gasteiger charge is -2.31. The second-order valence-corrected chi connectivity index (χ2v) is 6.73. The van der Waals surface area contributed by atoms with Crippen molar-refractivity contribution in [2.75, 3.05) is 7.11 Å². The van der Waals surface area contributed by atoms with Gasteiger partial charge in [0.05, 0.1) is 12.2 Å². The maximum atomic E-state index is 14.0. The van der Waals surface area contributed by atoms with Crippen molar-refractivity contribution in [3.8, 4) is 0 Å². The number of nitrogens with zero attached hydrogens (tertiary/aromatic N) is 3. The van der Waals surface area contributed by atoms with Crippen molar-refractivity contribution in [3.63, 3.8) is 0 Å². The van der Waals surface area contributed by atoms with Crippen LogP contribution < -0.4 is 15.7 Å². The molecule has 0 unspecified atom stereocenters. The van der Waals surface area contributed by atoms with Crippen molar-refractivity contribution in [2.24, 2.45) is 4.99 Å². The molecule has 0 radical (unpaired) electrons. The summed E-state index contributed by atoms with van der Waals surface area (Å²) in [5.74, 6) is -0.502. The van der Waals surface area contributed by atoms with Crippen molar-refractivity contribution < 1.29 is 13.6 Å². The monoisotopic (exact) mass is 396 g/mol. The predicted octanol–water partition coefficient (Wildman–Crippen LogP) is 2.26. The van der Waals surface area contributed by atoms with Crippen LogP contribution >= 0.6 is 0 Å². The topological polar surface area (TPSA) is 68.5 Å². The summed E-state index contributed by atoms with van der Waals surface area (Å²) in [4.78, 5) is 25.4. The summed E-state index contributed by atoms with van der Waals surface area (Å²) in [6, 6.07) is 11.7. The van der Waals surface area contributed by atoms with E-state index in [9.17, 15) is 13.6 Å². The lowest BCUT2D eigenvalue weighted by molar-refractivity contribution is 0.157. The number of halogens is 2. The summed E-state index contributed by atoms with van der Waals surface area (Å²) < 4.78 is 28.6. The van der Waals surface area contributed by atoms with Gasteiger partial charge < -0.3 is 10.2 Å². The van der Waals surface area contributed by atoms with Gasteiger partial charge in [-0.2, -0.15) is 9.12 Å². The molecule has 2 aromatic heterocycles. The zero-order valence-electron chi connectivity index (χ0n) is 15.8. The molecule has 0 saturated carbocycles. The summed E-state index contributed by atoms with van der Waals surface area (Å²) in [5.41, 5.74) is 0.563. The molecule has 0 spiro atoms. The van der Waals surface area contributed by atoms with E-state index in [1.165, 1.54) is 43.8 Å². The summed E-state index contributed by atoms with van der Waals surface area (Å²) in [5, 5.41) is 3.31. The van der Waals surface area contributed by atoms with E-state index in [0.29, 0.717) is 22.5 Å². The van der Waals surface area contributed by atoms with Crippen LogP contribution in [0.3, 0.4) is 0 Å². The molecule has 2 atom stereocenters. The molecule has 1 aliphatic heterocycles. The Hall–Kier alpha value is -3.55. The Kier molecular flexibility index (Phi) is 4.62. The molecular formula is C21H18F2N4O2. The van der Waals surface area contributed by atoms with E-state index in [2.05, 4.69) is 10.3 Å². The van der Waals surface area contributed by atoms with Gasteiger partial charge in [-0.25, -0.2) is 14.4 Å². The molecule has 0 aliphatic carbocycles. The highest BCUT2D eigenvalue weighted by Crippen LogP contribution is 2.41. The largest absolute Gasteiger partial charge is 0.414 e. The van der Waals surface area contributed by atoms with E-state index >= 15 is 0 Å². The second-order valence-electron chi connectivity index (χ2n) is 6.73. The SMILES string of the molecule is COn1cc(C2=N[C@](c3ccc(F)cc3)(c3ccnc(F)c3)[C@H](C)N2)ccc1=O. The minimum Gasteiger partial charge on any atom is -0.414 e. The number of hydrogen-bond acceptors (Lipinski definition) is 5. The minimum atomic E-state index is -1.01. The first kappa shape index (κ1) is 18.8. The summed E-state index contributed by atoms with van der Waals surface area (Å²) in [6.45, 7) is 1.91. The average molecular weight is 396 g/mol. The Morgan fingerprint density at radius 2 is 1.86 bits per heavy atom. The summed E-state index contributed by atoms with van der Waals surface area (Å²) in [6.07, 6.45) is 2.90. The molecule has 6 nitrogen and oxygen atoms in total. The molecular weight excluding hydrogens is 378 g/mol. The molecule has 0 bridgehead atoms. The number of hydrogen-bond donors (Lipinski definition) is 1. The highest BCUT2D eigenvalue weighted by atomic mass is 19.1. The second kappa shape index (κ2) is 7.12. The maximum Gasteiger partial charge on any atom is 0.282 e. The Balaban J connectivity index is 1.93. The molecule has 3 aromatic rings. The zero-order valence-corrected chi connectivity index (χ0v) is 15.8. The van der Waals surface area contributed by atoms with Gasteiger partial charge in [-0.1, -0.05) is 12.1 Å². The number of benzene rings is 1. The van der Waals surface area contributed by atoms with Gasteiger partial charge in [0.25, 0.3) is 5.56 Å². The molecule has 1 N–H and O–H groups in total. The first-order chi connectivity index (χ1) is 13.9. The van der Waals surface area contributed by atoms with Crippen LogP contribution in [0.15, 0.2) is 70.7 Å². The fourth-order valence-electron chi connectivity index (χ4n) is 3.65. The standard InChI is InChI=1S/C21H18F2N4O2/c1-13-21(15-4-6-17(22)7-5-15,16-9-10-24-18(23)11-16)26-20(25-13)14-3-8-19(28)27(12-14)29-2/h3-13H,1-2H3,(H,25,26)/t13-,21+/m0/s1. The van der Waals surface area contributed by atoms with Crippen molar-refractivity contribution in [1.82, 2.24) is 15.0 Å². The van der Waals surface area contributed by atoms with E-state index in [0.717, 1.165) is 4.73 Å². The average Bonchev–Trinajstić information content (AvgIpc) is 3.07. The molecule has 1 aromatic carbocycles. The number of rotatable bonds is 4. The van der Waals surface area contributed by atoms with E-state index in [4.69, 9.17) is 9.83 Å². The van der Waals surface area contributed by atoms with Crippen LogP contribution in [-0.4, -0.2) is 28.7 Å². The van der Waals surface area contributed by atoms with Gasteiger partial charge in [0.15, 0.2) is 0 Å². The van der Waals surface area contributed by atoms with Gasteiger partial charge in [-0.3, -0.25) is 4.79 Å². The van der Waals surface area contributed by atoms with Gasteiger partial charge >= 0.3 is 0 Å². The third-order valence-electron chi connectivity index (χ3n) is 5.07. The maximum absolute atomic E-state index is 14.0. The number of nitrogens with one attached hydrogen (secondary N) is 1. The minimum absolute atomic E-state index is 0.298. The fourth-order valence-corrected chi connectivity index (χ4v) is 3.65. The lowest BCUT2D eigenvalue weighted by atomic mass is 9.79. The predicted molar refractivity (Wildman–Crippen MR) is 104 cm³/mol. The van der Waals surface area contributed by atoms with Gasteiger partial charge in [0, 0.05) is 17.8 Å². The number of aromatic nitrogens is 2. The van der Waals surface area contributed by atoms with Gasteiger partial charge in [-0.15, -0.1) is 0 Å². The molecule has 4 rings (SSSR count). The summed E-state index contributed by atoms with van der Waals surface area (Å²) in [7, 11) is 1.39. The Labute approximate surface area is 165 Å². The van der Waals surface area contributed by atoms with Crippen molar-refractivity contribution in [2.45, 2.75) is 18.5 Å². The first-order valence-corrected chi connectivity index (χ1v) is 8.96. The van der Waals surface area contributed by atoms with Crippen LogP contribution in [0.2, 0.25) is 0 Å². The molecule has 0 fully saturated rings. The fraction of sp³-hybridized carbons (Fsp3) is 0.190. The third-order valence-corrected chi connectivity index (χ3v) is 5.07. The van der Waals surface area contributed by atoms with Gasteiger partial charge in [0.1, 0.15) is 24.3 Å². The Bertz CT molecular complexity index is 1140. The van der Waals surface area contributed by atoms with Gasteiger partial charge in [-0.05, 0) is 48.4 Å². The molecule has 0 amide bonds. The molecule has 29 heavy (non-hydrogen) atoms. The molecule has 8 heteroatoms. The van der Waals surface area contributed by atoms with Crippen LogP contribution in [0.25, 0.3) is 0 Å². The number of pyridine rings is 2. The quantitative estimate of drug-likeness (QED) is 0.687. The number of amidine groups is 1. The Morgan fingerprint density at radius 1 is 1.10 bits per heavy atom. The zero-order chi connectivity index (χ0) is 20.6. The normalized spacial score (nSPS) is 20.8. The van der Waals surface area contributed by atoms with E-state index < -0.39 is 11.5 Å². The van der Waals surface area contributed by atoms with E-state index in [1.807, 2.05) is 6.92 Å². The highest BCUT2D eigenvalue weighted by molar-refractivity contribution is 6.00. The molecule has 3 heterocycles. The summed E-state index contributed by atoms with van der Waals surface area (Å²) >= 11 is 0. The lowest BCUT2D eigenvalue weighted by Crippen LogP contribution is -2.41. The molecule has 1 aliphatic rings. The van der Waals surface area contributed by atoms with Crippen LogP contribution in [0.1, 0.15) is 23.6 Å². The van der Waals surface area contributed by atoms with E-state index in [-0.39, 0.29) is 17.4 Å². The Morgan fingerprint density at radius 3 is 2.55 bits per heavy atom. The van der Waals surface area contributed by atoms with Crippen molar-refractivity contribution in [3.05, 3.63) is 99.7 Å². The van der Waals surface area contributed by atoms with Crippen LogP contribution in [0.5, 0.6) is 0 Å². The first-order valence-electron chi connectivity index (χ1n) is 8.96. The van der Waals surface area contributed by atoms with E-state index in [1.54, 1.807) is 24.3 Å².